The van der Waals surface area contributed by atoms with Crippen molar-refractivity contribution in [3.63, 3.8) is 0 Å². The second kappa shape index (κ2) is 8.03. The van der Waals surface area contributed by atoms with Gasteiger partial charge in [-0.05, 0) is 36.1 Å². The molecule has 0 aliphatic carbocycles. The van der Waals surface area contributed by atoms with Crippen molar-refractivity contribution in [2.24, 2.45) is 0 Å². The monoisotopic (exact) mass is 412 g/mol. The molecule has 2 bridgehead atoms. The minimum Gasteiger partial charge on any atom is -0.374 e. The highest BCUT2D eigenvalue weighted by Gasteiger charge is 2.40. The number of alkyl halides is 2. The van der Waals surface area contributed by atoms with Crippen LogP contribution in [0.25, 0.3) is 11.8 Å². The van der Waals surface area contributed by atoms with Gasteiger partial charge >= 0.3 is 0 Å². The summed E-state index contributed by atoms with van der Waals surface area (Å²) < 4.78 is 33.2. The normalized spacial score (nSPS) is 24.2. The maximum Gasteiger partial charge on any atom is 0.270 e. The summed E-state index contributed by atoms with van der Waals surface area (Å²) in [6, 6.07) is 4.86. The Morgan fingerprint density at radius 3 is 2.77 bits per heavy atom. The van der Waals surface area contributed by atoms with Crippen LogP contribution in [0.15, 0.2) is 48.6 Å². The molecule has 4 rings (SSSR count). The Balaban J connectivity index is 1.64. The molecular formula is C25H30F2N2O. The van der Waals surface area contributed by atoms with Crippen molar-refractivity contribution in [3.8, 4) is 0 Å². The third-order valence-corrected chi connectivity index (χ3v) is 6.24. The number of anilines is 1. The van der Waals surface area contributed by atoms with Gasteiger partial charge in [-0.2, -0.15) is 0 Å². The van der Waals surface area contributed by atoms with Crippen LogP contribution in [-0.2, 0) is 11.3 Å². The van der Waals surface area contributed by atoms with Crippen LogP contribution in [-0.4, -0.2) is 43.2 Å². The molecule has 3 nitrogen and oxygen atoms in total. The zero-order valence-corrected chi connectivity index (χ0v) is 18.0. The predicted octanol–water partition coefficient (Wildman–Crippen LogP) is 5.64. The number of hydrogen-bond donors (Lipinski definition) is 0. The molecule has 2 unspecified atom stereocenters. The first-order chi connectivity index (χ1) is 14.3. The predicted molar refractivity (Wildman–Crippen MR) is 120 cm³/mol. The highest BCUT2D eigenvalue weighted by atomic mass is 19.3. The van der Waals surface area contributed by atoms with Crippen LogP contribution in [0.3, 0.4) is 0 Å². The van der Waals surface area contributed by atoms with E-state index in [0.29, 0.717) is 18.6 Å². The molecule has 0 aromatic heterocycles. The molecule has 0 amide bonds. The van der Waals surface area contributed by atoms with Crippen molar-refractivity contribution >= 4 is 17.5 Å². The Bertz CT molecular complexity index is 926. The van der Waals surface area contributed by atoms with Gasteiger partial charge in [-0.1, -0.05) is 43.9 Å². The summed E-state index contributed by atoms with van der Waals surface area (Å²) in [5.74, 6) is -2.83. The number of morpholine rings is 1. The molecule has 3 aliphatic heterocycles. The van der Waals surface area contributed by atoms with Gasteiger partial charge in [-0.15, -0.1) is 0 Å². The number of hydrogen-bond acceptors (Lipinski definition) is 3. The summed E-state index contributed by atoms with van der Waals surface area (Å²) >= 11 is 0. The van der Waals surface area contributed by atoms with Crippen LogP contribution in [0, 0.1) is 0 Å². The molecule has 0 saturated carbocycles. The van der Waals surface area contributed by atoms with Crippen molar-refractivity contribution < 1.29 is 13.5 Å². The van der Waals surface area contributed by atoms with Gasteiger partial charge in [0.1, 0.15) is 0 Å². The zero-order valence-electron chi connectivity index (χ0n) is 18.0. The van der Waals surface area contributed by atoms with E-state index < -0.39 is 5.92 Å². The average Bonchev–Trinajstić information content (AvgIpc) is 3.38. The summed E-state index contributed by atoms with van der Waals surface area (Å²) in [5.41, 5.74) is 5.83. The summed E-state index contributed by atoms with van der Waals surface area (Å²) in [6.07, 6.45) is 10.6. The second-order valence-electron chi connectivity index (χ2n) is 8.54. The van der Waals surface area contributed by atoms with E-state index in [9.17, 15) is 8.78 Å². The Morgan fingerprint density at radius 2 is 2.13 bits per heavy atom. The van der Waals surface area contributed by atoms with E-state index in [1.807, 2.05) is 19.1 Å². The first-order valence-electron chi connectivity index (χ1n) is 10.7. The molecular weight excluding hydrogens is 382 g/mol. The molecule has 0 spiro atoms. The van der Waals surface area contributed by atoms with E-state index in [1.165, 1.54) is 22.9 Å². The number of ether oxygens (including phenoxy) is 1. The van der Waals surface area contributed by atoms with Crippen LogP contribution in [0.5, 0.6) is 0 Å². The maximum absolute atomic E-state index is 13.7. The minimum atomic E-state index is -2.83. The van der Waals surface area contributed by atoms with Crippen LogP contribution in [0.1, 0.15) is 43.4 Å². The molecule has 30 heavy (non-hydrogen) atoms. The van der Waals surface area contributed by atoms with Crippen molar-refractivity contribution in [2.45, 2.75) is 51.3 Å². The summed E-state index contributed by atoms with van der Waals surface area (Å²) in [7, 11) is 2.05. The van der Waals surface area contributed by atoms with Crippen LogP contribution >= 0.6 is 0 Å². The van der Waals surface area contributed by atoms with E-state index in [4.69, 9.17) is 4.74 Å². The van der Waals surface area contributed by atoms with Gasteiger partial charge in [0, 0.05) is 49.6 Å². The number of nitrogens with zero attached hydrogens (tertiary/aromatic N) is 2. The van der Waals surface area contributed by atoms with Gasteiger partial charge < -0.3 is 14.5 Å². The summed E-state index contributed by atoms with van der Waals surface area (Å²) in [5, 5.41) is 0. The van der Waals surface area contributed by atoms with E-state index >= 15 is 0 Å². The highest BCUT2D eigenvalue weighted by molar-refractivity contribution is 5.79. The average molecular weight is 413 g/mol. The Hall–Kier alpha value is -2.40. The molecule has 3 aliphatic rings. The van der Waals surface area contributed by atoms with Crippen molar-refractivity contribution in [1.29, 1.82) is 0 Å². The lowest BCUT2D eigenvalue weighted by atomic mass is 10.0. The lowest BCUT2D eigenvalue weighted by Crippen LogP contribution is -2.37. The van der Waals surface area contributed by atoms with Gasteiger partial charge in [0.05, 0.1) is 18.8 Å². The van der Waals surface area contributed by atoms with Crippen molar-refractivity contribution in [2.75, 3.05) is 25.1 Å². The van der Waals surface area contributed by atoms with Gasteiger partial charge in [0.15, 0.2) is 0 Å². The van der Waals surface area contributed by atoms with Gasteiger partial charge in [-0.25, -0.2) is 8.78 Å². The number of fused-ring (bicyclic) bond motifs is 3. The number of benzene rings is 1. The fraction of sp³-hybridized carbons (Fsp3) is 0.440. The number of rotatable bonds is 6. The fourth-order valence-electron chi connectivity index (χ4n) is 4.62. The summed E-state index contributed by atoms with van der Waals surface area (Å²) in [4.78, 5) is 4.60. The number of halogens is 2. The van der Waals surface area contributed by atoms with Gasteiger partial charge in [0.2, 0.25) is 0 Å². The summed E-state index contributed by atoms with van der Waals surface area (Å²) in [6.45, 7) is 9.54. The third kappa shape index (κ3) is 3.95. The molecule has 5 heteroatoms. The number of allylic oxidation sites excluding steroid dienone is 5. The standard InChI is InChI=1S/C25H30F2N2O/c1-5-8-20(25(3,26)27)10-7-6-9-18-11-19-14-28(4)17(2)23(19)13-24(18)29-15-22-12-21(29)16-30-22/h6-11,13,21-22H,2,5,12,14-16H2,1,3-4H3/b9-6+,10-7-,20-8+. The van der Waals surface area contributed by atoms with E-state index in [1.54, 1.807) is 12.2 Å². The molecule has 160 valence electrons. The molecule has 0 radical (unpaired) electrons. The van der Waals surface area contributed by atoms with Crippen molar-refractivity contribution in [3.05, 3.63) is 65.3 Å². The molecule has 2 saturated heterocycles. The van der Waals surface area contributed by atoms with Gasteiger partial charge in [-0.3, -0.25) is 0 Å². The van der Waals surface area contributed by atoms with Crippen LogP contribution in [0.4, 0.5) is 14.5 Å². The Kier molecular flexibility index (Phi) is 5.58. The van der Waals surface area contributed by atoms with Gasteiger partial charge in [0.25, 0.3) is 5.92 Å². The SMILES string of the molecule is C=C1c2cc(N3CC4CC3CO4)c(/C=C/C=C\C(=C/CC)C(C)(F)F)cc2CN1C. The Morgan fingerprint density at radius 1 is 1.33 bits per heavy atom. The zero-order chi connectivity index (χ0) is 21.5. The smallest absolute Gasteiger partial charge is 0.270 e. The molecule has 1 aromatic carbocycles. The van der Waals surface area contributed by atoms with Crippen LogP contribution in [0.2, 0.25) is 0 Å². The Labute approximate surface area is 178 Å². The quantitative estimate of drug-likeness (QED) is 0.562. The molecule has 2 fully saturated rings. The first-order valence-corrected chi connectivity index (χ1v) is 10.7. The minimum absolute atomic E-state index is 0.0516. The highest BCUT2D eigenvalue weighted by Crippen LogP contribution is 2.40. The first kappa shape index (κ1) is 20.9. The molecule has 3 heterocycles. The van der Waals surface area contributed by atoms with Crippen LogP contribution < -0.4 is 4.90 Å². The molecule has 1 aromatic rings. The van der Waals surface area contributed by atoms with E-state index in [2.05, 4.69) is 35.6 Å². The van der Waals surface area contributed by atoms with E-state index in [-0.39, 0.29) is 5.57 Å². The lowest BCUT2D eigenvalue weighted by molar-refractivity contribution is 0.0671. The molecule has 0 N–H and O–H groups in total. The fourth-order valence-corrected chi connectivity index (χ4v) is 4.62. The lowest BCUT2D eigenvalue weighted by Gasteiger charge is -2.31. The third-order valence-electron chi connectivity index (χ3n) is 6.24. The molecule has 2 atom stereocenters. The largest absolute Gasteiger partial charge is 0.374 e. The maximum atomic E-state index is 13.7. The van der Waals surface area contributed by atoms with Crippen molar-refractivity contribution in [1.82, 2.24) is 4.90 Å². The topological polar surface area (TPSA) is 15.7 Å². The van der Waals surface area contributed by atoms with E-state index in [0.717, 1.165) is 44.3 Å². The second-order valence-corrected chi connectivity index (χ2v) is 8.54.